The number of pyridine rings is 1. The minimum absolute atomic E-state index is 0.120. The van der Waals surface area contributed by atoms with Crippen molar-refractivity contribution in [2.75, 3.05) is 11.4 Å². The third-order valence-corrected chi connectivity index (χ3v) is 2.89. The zero-order chi connectivity index (χ0) is 12.3. The number of rotatable bonds is 5. The summed E-state index contributed by atoms with van der Waals surface area (Å²) in [5.41, 5.74) is 6.39. The number of hydrogen-bond donors (Lipinski definition) is 2. The molecule has 1 heterocycles. The monoisotopic (exact) mass is 234 g/mol. The third kappa shape index (κ3) is 2.49. The fourth-order valence-electron chi connectivity index (χ4n) is 1.97. The Labute approximate surface area is 101 Å². The lowest BCUT2D eigenvalue weighted by Gasteiger charge is -2.24. The SMILES string of the molecule is CCCN(c1ncccc1/C(N)=N/O)C1CC1. The number of anilines is 1. The van der Waals surface area contributed by atoms with Gasteiger partial charge < -0.3 is 15.8 Å². The molecule has 92 valence electrons. The van der Waals surface area contributed by atoms with Crippen LogP contribution in [0.15, 0.2) is 23.5 Å². The van der Waals surface area contributed by atoms with Crippen LogP contribution in [0, 0.1) is 0 Å². The van der Waals surface area contributed by atoms with Gasteiger partial charge in [0.25, 0.3) is 0 Å². The van der Waals surface area contributed by atoms with Crippen molar-refractivity contribution in [3.63, 3.8) is 0 Å². The molecule has 3 N–H and O–H groups in total. The third-order valence-electron chi connectivity index (χ3n) is 2.89. The molecule has 2 rings (SSSR count). The van der Waals surface area contributed by atoms with E-state index in [4.69, 9.17) is 10.9 Å². The van der Waals surface area contributed by atoms with E-state index in [0.29, 0.717) is 11.6 Å². The number of aromatic nitrogens is 1. The lowest BCUT2D eigenvalue weighted by Crippen LogP contribution is -2.30. The maximum absolute atomic E-state index is 8.80. The van der Waals surface area contributed by atoms with Gasteiger partial charge in [-0.1, -0.05) is 12.1 Å². The van der Waals surface area contributed by atoms with Crippen LogP contribution in [0.2, 0.25) is 0 Å². The summed E-state index contributed by atoms with van der Waals surface area (Å²) < 4.78 is 0. The first-order valence-electron chi connectivity index (χ1n) is 5.97. The van der Waals surface area contributed by atoms with Gasteiger partial charge in [0.15, 0.2) is 5.84 Å². The average Bonchev–Trinajstić information content (AvgIpc) is 3.19. The van der Waals surface area contributed by atoms with E-state index in [0.717, 1.165) is 18.8 Å². The predicted octanol–water partition coefficient (Wildman–Crippen LogP) is 1.55. The Hall–Kier alpha value is -1.78. The molecule has 1 aliphatic carbocycles. The van der Waals surface area contributed by atoms with Gasteiger partial charge in [0.1, 0.15) is 5.82 Å². The Bertz CT molecular complexity index is 415. The van der Waals surface area contributed by atoms with Gasteiger partial charge in [0.05, 0.1) is 5.56 Å². The van der Waals surface area contributed by atoms with Crippen molar-refractivity contribution in [3.8, 4) is 0 Å². The van der Waals surface area contributed by atoms with Crippen LogP contribution in [0.5, 0.6) is 0 Å². The fourth-order valence-corrected chi connectivity index (χ4v) is 1.97. The number of amidine groups is 1. The maximum Gasteiger partial charge on any atom is 0.173 e. The molecule has 5 heteroatoms. The van der Waals surface area contributed by atoms with Gasteiger partial charge in [-0.2, -0.15) is 0 Å². The van der Waals surface area contributed by atoms with Crippen molar-refractivity contribution in [1.29, 1.82) is 0 Å². The average molecular weight is 234 g/mol. The fraction of sp³-hybridized carbons (Fsp3) is 0.500. The van der Waals surface area contributed by atoms with Gasteiger partial charge >= 0.3 is 0 Å². The van der Waals surface area contributed by atoms with Gasteiger partial charge in [-0.15, -0.1) is 0 Å². The Morgan fingerprint density at radius 2 is 2.41 bits per heavy atom. The summed E-state index contributed by atoms with van der Waals surface area (Å²) in [4.78, 5) is 6.64. The van der Waals surface area contributed by atoms with Crippen molar-refractivity contribution in [2.45, 2.75) is 32.2 Å². The highest BCUT2D eigenvalue weighted by Crippen LogP contribution is 2.32. The van der Waals surface area contributed by atoms with Crippen LogP contribution in [-0.4, -0.2) is 28.6 Å². The van der Waals surface area contributed by atoms with Crippen LogP contribution in [0.3, 0.4) is 0 Å². The molecule has 0 aliphatic heterocycles. The minimum Gasteiger partial charge on any atom is -0.409 e. The van der Waals surface area contributed by atoms with E-state index in [9.17, 15) is 0 Å². The van der Waals surface area contributed by atoms with Gasteiger partial charge in [0.2, 0.25) is 0 Å². The van der Waals surface area contributed by atoms with Crippen molar-refractivity contribution in [2.24, 2.45) is 10.9 Å². The Morgan fingerprint density at radius 3 is 3.00 bits per heavy atom. The van der Waals surface area contributed by atoms with E-state index in [1.54, 1.807) is 12.3 Å². The number of oxime groups is 1. The molecule has 0 amide bonds. The summed E-state index contributed by atoms with van der Waals surface area (Å²) in [7, 11) is 0. The predicted molar refractivity (Wildman–Crippen MR) is 67.4 cm³/mol. The molecular weight excluding hydrogens is 216 g/mol. The van der Waals surface area contributed by atoms with Gasteiger partial charge in [-0.25, -0.2) is 4.98 Å². The molecule has 0 saturated heterocycles. The highest BCUT2D eigenvalue weighted by Gasteiger charge is 2.31. The summed E-state index contributed by atoms with van der Waals surface area (Å²) >= 11 is 0. The highest BCUT2D eigenvalue weighted by atomic mass is 16.4. The van der Waals surface area contributed by atoms with E-state index < -0.39 is 0 Å². The standard InChI is InChI=1S/C12H18N4O/c1-2-8-16(9-5-6-9)12-10(11(13)15-17)4-3-7-14-12/h3-4,7,9,17H,2,5-6,8H2,1H3,(H2,13,15). The zero-order valence-electron chi connectivity index (χ0n) is 10.0. The number of nitrogens with two attached hydrogens (primary N) is 1. The second-order valence-corrected chi connectivity index (χ2v) is 4.28. The second-order valence-electron chi connectivity index (χ2n) is 4.28. The molecule has 17 heavy (non-hydrogen) atoms. The zero-order valence-corrected chi connectivity index (χ0v) is 10.0. The lowest BCUT2D eigenvalue weighted by molar-refractivity contribution is 0.318. The van der Waals surface area contributed by atoms with E-state index in [1.165, 1.54) is 12.8 Å². The molecule has 0 atom stereocenters. The molecule has 1 saturated carbocycles. The van der Waals surface area contributed by atoms with E-state index >= 15 is 0 Å². The summed E-state index contributed by atoms with van der Waals surface area (Å²) in [6, 6.07) is 4.20. The molecule has 0 aromatic carbocycles. The molecule has 1 fully saturated rings. The second kappa shape index (κ2) is 5.03. The molecule has 0 radical (unpaired) electrons. The highest BCUT2D eigenvalue weighted by molar-refractivity contribution is 6.01. The van der Waals surface area contributed by atoms with Crippen molar-refractivity contribution in [3.05, 3.63) is 23.9 Å². The summed E-state index contributed by atoms with van der Waals surface area (Å²) in [6.07, 6.45) is 5.20. The largest absolute Gasteiger partial charge is 0.409 e. The molecule has 5 nitrogen and oxygen atoms in total. The molecule has 0 spiro atoms. The molecule has 1 aromatic rings. The van der Waals surface area contributed by atoms with Crippen LogP contribution < -0.4 is 10.6 Å². The lowest BCUT2D eigenvalue weighted by atomic mass is 10.2. The first-order chi connectivity index (χ1) is 8.27. The quantitative estimate of drug-likeness (QED) is 0.351. The van der Waals surface area contributed by atoms with Crippen LogP contribution in [-0.2, 0) is 0 Å². The van der Waals surface area contributed by atoms with Crippen LogP contribution in [0.1, 0.15) is 31.7 Å². The summed E-state index contributed by atoms with van der Waals surface area (Å²) in [5, 5.41) is 11.9. The Kier molecular flexibility index (Phi) is 3.46. The van der Waals surface area contributed by atoms with Crippen molar-refractivity contribution >= 4 is 11.7 Å². The molecule has 0 unspecified atom stereocenters. The topological polar surface area (TPSA) is 74.7 Å². The van der Waals surface area contributed by atoms with Crippen molar-refractivity contribution < 1.29 is 5.21 Å². The normalized spacial score (nSPS) is 15.9. The van der Waals surface area contributed by atoms with Gasteiger partial charge in [0, 0.05) is 18.8 Å². The van der Waals surface area contributed by atoms with Crippen LogP contribution >= 0.6 is 0 Å². The van der Waals surface area contributed by atoms with E-state index in [1.807, 2.05) is 6.07 Å². The Morgan fingerprint density at radius 1 is 1.65 bits per heavy atom. The number of nitrogens with zero attached hydrogens (tertiary/aromatic N) is 3. The summed E-state index contributed by atoms with van der Waals surface area (Å²) in [6.45, 7) is 3.09. The first kappa shape index (κ1) is 11.7. The number of hydrogen-bond acceptors (Lipinski definition) is 4. The summed E-state index contributed by atoms with van der Waals surface area (Å²) in [5.74, 6) is 0.946. The van der Waals surface area contributed by atoms with E-state index in [-0.39, 0.29) is 5.84 Å². The molecule has 1 aromatic heterocycles. The molecule has 0 bridgehead atoms. The van der Waals surface area contributed by atoms with Gasteiger partial charge in [-0.05, 0) is 31.4 Å². The molecular formula is C12H18N4O. The first-order valence-corrected chi connectivity index (χ1v) is 5.97. The van der Waals surface area contributed by atoms with Crippen LogP contribution in [0.4, 0.5) is 5.82 Å². The minimum atomic E-state index is 0.120. The van der Waals surface area contributed by atoms with E-state index in [2.05, 4.69) is 22.0 Å². The molecule has 1 aliphatic rings. The maximum atomic E-state index is 8.80. The van der Waals surface area contributed by atoms with Gasteiger partial charge in [-0.3, -0.25) is 0 Å². The van der Waals surface area contributed by atoms with Crippen molar-refractivity contribution in [1.82, 2.24) is 4.98 Å². The smallest absolute Gasteiger partial charge is 0.173 e. The Balaban J connectivity index is 2.34. The van der Waals surface area contributed by atoms with Crippen LogP contribution in [0.25, 0.3) is 0 Å².